The fourth-order valence-electron chi connectivity index (χ4n) is 1.53. The van der Waals surface area contributed by atoms with Crippen molar-refractivity contribution in [3.05, 3.63) is 41.4 Å². The van der Waals surface area contributed by atoms with Gasteiger partial charge in [0, 0.05) is 0 Å². The van der Waals surface area contributed by atoms with E-state index >= 15 is 0 Å². The third kappa shape index (κ3) is 5.98. The van der Waals surface area contributed by atoms with E-state index in [1.54, 1.807) is 24.3 Å². The van der Waals surface area contributed by atoms with Gasteiger partial charge in [0.25, 0.3) is 5.78 Å². The lowest BCUT2D eigenvalue weighted by molar-refractivity contribution is -0.142. The molecule has 0 saturated heterocycles. The molecule has 116 valence electrons. The first-order valence-electron chi connectivity index (χ1n) is 6.32. The van der Waals surface area contributed by atoms with Crippen LogP contribution >= 0.6 is 0 Å². The molecule has 0 spiro atoms. The Morgan fingerprint density at radius 1 is 1.32 bits per heavy atom. The van der Waals surface area contributed by atoms with Gasteiger partial charge in [-0.25, -0.2) is 4.79 Å². The summed E-state index contributed by atoms with van der Waals surface area (Å²) < 4.78 is 9.37. The number of nitrogens with one attached hydrogen (secondary N) is 1. The lowest BCUT2D eigenvalue weighted by Crippen LogP contribution is -2.43. The number of carbonyl (C=O) groups is 3. The van der Waals surface area contributed by atoms with E-state index in [4.69, 9.17) is 10.3 Å². The van der Waals surface area contributed by atoms with E-state index in [2.05, 4.69) is 14.8 Å². The highest BCUT2D eigenvalue weighted by molar-refractivity contribution is 6.28. The van der Waals surface area contributed by atoms with Crippen LogP contribution in [0.1, 0.15) is 12.0 Å². The minimum absolute atomic E-state index is 0.0138. The molecular weight excluding hydrogens is 290 g/mol. The van der Waals surface area contributed by atoms with Gasteiger partial charge in [0.15, 0.2) is 0 Å². The second-order valence-corrected chi connectivity index (χ2v) is 4.19. The molecule has 1 amide bonds. The summed E-state index contributed by atoms with van der Waals surface area (Å²) in [5, 5.41) is 2.22. The van der Waals surface area contributed by atoms with E-state index in [-0.39, 0.29) is 6.61 Å². The molecule has 8 heteroatoms. The van der Waals surface area contributed by atoms with Crippen molar-refractivity contribution in [1.29, 1.82) is 0 Å². The molecule has 0 saturated carbocycles. The molecule has 0 radical (unpaired) electrons. The van der Waals surface area contributed by atoms with Crippen LogP contribution in [0.5, 0.6) is 0 Å². The zero-order valence-corrected chi connectivity index (χ0v) is 11.9. The standard InChI is InChI=1S/C14H15N3O5/c1-21-13(19)7-11(12(18)8-16-15)17-14(20)22-9-10-5-3-2-4-6-10/h2-6,8,11H,7,9H2,1H3,(H,17,20). The van der Waals surface area contributed by atoms with Gasteiger partial charge in [-0.3, -0.25) is 9.59 Å². The van der Waals surface area contributed by atoms with Gasteiger partial charge in [-0.1, -0.05) is 30.3 Å². The Labute approximate surface area is 126 Å². The molecule has 1 unspecified atom stereocenters. The molecule has 1 rings (SSSR count). The molecular formula is C14H15N3O5. The number of amides is 1. The van der Waals surface area contributed by atoms with Crippen molar-refractivity contribution in [2.24, 2.45) is 0 Å². The Morgan fingerprint density at radius 3 is 2.59 bits per heavy atom. The molecule has 0 aliphatic heterocycles. The molecule has 0 aliphatic rings. The maximum absolute atomic E-state index is 11.7. The molecule has 1 N–H and O–H groups in total. The van der Waals surface area contributed by atoms with Crippen LogP contribution in [0.2, 0.25) is 0 Å². The predicted octanol–water partition coefficient (Wildman–Crippen LogP) is 0.714. The second-order valence-electron chi connectivity index (χ2n) is 4.19. The van der Waals surface area contributed by atoms with E-state index in [1.165, 1.54) is 0 Å². The third-order valence-electron chi connectivity index (χ3n) is 2.63. The topological polar surface area (TPSA) is 118 Å². The van der Waals surface area contributed by atoms with Crippen LogP contribution in [0.15, 0.2) is 30.3 Å². The highest BCUT2D eigenvalue weighted by Gasteiger charge is 2.26. The SMILES string of the molecule is COC(=O)CC(NC(=O)OCc1ccccc1)C(=O)C=[N+]=[N-]. The summed E-state index contributed by atoms with van der Waals surface area (Å²) in [6, 6.07) is 7.70. The first kappa shape index (κ1) is 17.1. The zero-order chi connectivity index (χ0) is 16.4. The lowest BCUT2D eigenvalue weighted by atomic mass is 10.1. The van der Waals surface area contributed by atoms with Crippen LogP contribution in [0, 0.1) is 0 Å². The van der Waals surface area contributed by atoms with Crippen LogP contribution in [-0.2, 0) is 25.7 Å². The van der Waals surface area contributed by atoms with Crippen molar-refractivity contribution in [2.75, 3.05) is 7.11 Å². The first-order chi connectivity index (χ1) is 10.6. The number of ether oxygens (including phenoxy) is 2. The monoisotopic (exact) mass is 305 g/mol. The predicted molar refractivity (Wildman–Crippen MR) is 74.9 cm³/mol. The molecule has 1 atom stereocenters. The van der Waals surface area contributed by atoms with Crippen LogP contribution in [0.3, 0.4) is 0 Å². The lowest BCUT2D eigenvalue weighted by Gasteiger charge is -2.13. The molecule has 0 bridgehead atoms. The van der Waals surface area contributed by atoms with E-state index in [1.807, 2.05) is 6.07 Å². The Bertz CT molecular complexity index is 581. The summed E-state index contributed by atoms with van der Waals surface area (Å²) in [5.74, 6) is -1.46. The van der Waals surface area contributed by atoms with Crippen molar-refractivity contribution >= 4 is 24.1 Å². The summed E-state index contributed by atoms with van der Waals surface area (Å²) in [7, 11) is 1.15. The van der Waals surface area contributed by atoms with Crippen molar-refractivity contribution in [1.82, 2.24) is 5.32 Å². The van der Waals surface area contributed by atoms with E-state index in [9.17, 15) is 14.4 Å². The molecule has 0 fully saturated rings. The summed E-state index contributed by atoms with van der Waals surface area (Å²) in [6.45, 7) is 0.0138. The van der Waals surface area contributed by atoms with E-state index in [0.717, 1.165) is 12.7 Å². The summed E-state index contributed by atoms with van der Waals surface area (Å²) >= 11 is 0. The zero-order valence-electron chi connectivity index (χ0n) is 11.9. The molecule has 0 aliphatic carbocycles. The molecule has 1 aromatic rings. The number of nitrogens with zero attached hydrogens (tertiary/aromatic N) is 2. The highest BCUT2D eigenvalue weighted by Crippen LogP contribution is 2.02. The normalized spacial score (nSPS) is 10.8. The second kappa shape index (κ2) is 9.04. The van der Waals surface area contributed by atoms with E-state index in [0.29, 0.717) is 6.21 Å². The minimum atomic E-state index is -1.23. The van der Waals surface area contributed by atoms with Crippen molar-refractivity contribution < 1.29 is 28.6 Å². The van der Waals surface area contributed by atoms with Crippen molar-refractivity contribution in [2.45, 2.75) is 19.1 Å². The molecule has 22 heavy (non-hydrogen) atoms. The molecule has 8 nitrogen and oxygen atoms in total. The van der Waals surface area contributed by atoms with Gasteiger partial charge in [-0.15, -0.1) is 0 Å². The average molecular weight is 305 g/mol. The van der Waals surface area contributed by atoms with Crippen molar-refractivity contribution in [3.8, 4) is 0 Å². The fraction of sp³-hybridized carbons (Fsp3) is 0.286. The Kier molecular flexibility index (Phi) is 7.01. The van der Waals surface area contributed by atoms with Gasteiger partial charge in [0.05, 0.1) is 13.5 Å². The molecule has 0 aromatic heterocycles. The number of esters is 1. The van der Waals surface area contributed by atoms with Crippen LogP contribution in [0.25, 0.3) is 5.53 Å². The van der Waals surface area contributed by atoms with Crippen LogP contribution in [-0.4, -0.2) is 42.0 Å². The summed E-state index contributed by atoms with van der Waals surface area (Å²) in [4.78, 5) is 37.1. The molecule has 0 heterocycles. The van der Waals surface area contributed by atoms with Crippen LogP contribution in [0.4, 0.5) is 4.79 Å². The van der Waals surface area contributed by atoms with Gasteiger partial charge in [-0.05, 0) is 5.56 Å². The average Bonchev–Trinajstić information content (AvgIpc) is 2.53. The summed E-state index contributed by atoms with van der Waals surface area (Å²) in [6.07, 6.45) is -0.690. The van der Waals surface area contributed by atoms with Gasteiger partial charge in [0.2, 0.25) is 0 Å². The van der Waals surface area contributed by atoms with Crippen LogP contribution < -0.4 is 5.32 Å². The quantitative estimate of drug-likeness (QED) is 0.344. The van der Waals surface area contributed by atoms with Gasteiger partial charge in [0.1, 0.15) is 12.6 Å². The number of Topliss-reactive ketones (excluding diaryl/α,β-unsaturated/α-hetero) is 1. The molecule has 1 aromatic carbocycles. The number of alkyl carbamates (subject to hydrolysis) is 1. The number of hydrogen-bond donors (Lipinski definition) is 1. The minimum Gasteiger partial charge on any atom is -0.469 e. The summed E-state index contributed by atoms with van der Waals surface area (Å²) in [5.41, 5.74) is 9.12. The Hall–Kier alpha value is -2.99. The van der Waals surface area contributed by atoms with Gasteiger partial charge >= 0.3 is 18.3 Å². The number of carbonyl (C=O) groups excluding carboxylic acids is 3. The maximum Gasteiger partial charge on any atom is 0.408 e. The third-order valence-corrected chi connectivity index (χ3v) is 2.63. The number of hydrogen-bond acceptors (Lipinski definition) is 5. The first-order valence-corrected chi connectivity index (χ1v) is 6.32. The Balaban J connectivity index is 2.59. The number of ketones is 1. The highest BCUT2D eigenvalue weighted by atomic mass is 16.5. The maximum atomic E-state index is 11.7. The van der Waals surface area contributed by atoms with Crippen molar-refractivity contribution in [3.63, 3.8) is 0 Å². The largest absolute Gasteiger partial charge is 0.469 e. The Morgan fingerprint density at radius 2 is 2.00 bits per heavy atom. The number of methoxy groups -OCH3 is 1. The van der Waals surface area contributed by atoms with Gasteiger partial charge in [-0.2, -0.15) is 4.79 Å². The fourth-order valence-corrected chi connectivity index (χ4v) is 1.53. The smallest absolute Gasteiger partial charge is 0.408 e. The van der Waals surface area contributed by atoms with Gasteiger partial charge < -0.3 is 20.3 Å². The number of rotatable bonds is 7. The van der Waals surface area contributed by atoms with E-state index < -0.39 is 30.3 Å². The number of benzene rings is 1.